The molecule has 0 heterocycles. The number of hydrogen-bond acceptors (Lipinski definition) is 2. The maximum atomic E-state index is 13.5. The largest absolute Gasteiger partial charge is 0.305 e. The van der Waals surface area contributed by atoms with Gasteiger partial charge in [-0.2, -0.15) is 4.39 Å². The van der Waals surface area contributed by atoms with Crippen LogP contribution in [-0.2, 0) is 0 Å². The lowest BCUT2D eigenvalue weighted by atomic mass is 10.0. The summed E-state index contributed by atoms with van der Waals surface area (Å²) in [6.07, 6.45) is 0. The highest BCUT2D eigenvalue weighted by Gasteiger charge is 2.24. The second kappa shape index (κ2) is 4.65. The van der Waals surface area contributed by atoms with E-state index >= 15 is 0 Å². The Morgan fingerprint density at radius 3 is 2.60 bits per heavy atom. The first kappa shape index (κ1) is 12.0. The second-order valence-electron chi connectivity index (χ2n) is 3.11. The van der Waals surface area contributed by atoms with Crippen LogP contribution in [0.4, 0.5) is 14.5 Å². The van der Waals surface area contributed by atoms with Crippen LogP contribution in [0.2, 0.25) is 0 Å². The number of hydrogen-bond donors (Lipinski definition) is 0. The fourth-order valence-electron chi connectivity index (χ4n) is 1.23. The average Bonchev–Trinajstić information content (AvgIpc) is 2.16. The first-order valence-corrected chi connectivity index (χ1v) is 5.29. The average molecular weight is 280 g/mol. The van der Waals surface area contributed by atoms with Crippen LogP contribution >= 0.6 is 15.9 Å². The fourth-order valence-corrected chi connectivity index (χ4v) is 1.55. The van der Waals surface area contributed by atoms with E-state index in [1.54, 1.807) is 6.92 Å². The SMILES string of the molecule is CC(CBr)c1c(F)ccc([N+](=O)[O-])c1F. The molecule has 0 saturated carbocycles. The second-order valence-corrected chi connectivity index (χ2v) is 3.75. The van der Waals surface area contributed by atoms with Gasteiger partial charge in [-0.25, -0.2) is 4.39 Å². The van der Waals surface area contributed by atoms with E-state index in [0.717, 1.165) is 12.1 Å². The molecule has 3 nitrogen and oxygen atoms in total. The molecule has 0 radical (unpaired) electrons. The van der Waals surface area contributed by atoms with Gasteiger partial charge >= 0.3 is 5.69 Å². The van der Waals surface area contributed by atoms with Gasteiger partial charge in [0.1, 0.15) is 5.82 Å². The molecule has 0 aliphatic rings. The molecule has 82 valence electrons. The maximum absolute atomic E-state index is 13.5. The molecule has 0 aromatic heterocycles. The Labute approximate surface area is 93.4 Å². The summed E-state index contributed by atoms with van der Waals surface area (Å²) in [6, 6.07) is 1.74. The van der Waals surface area contributed by atoms with Gasteiger partial charge in [0, 0.05) is 17.0 Å². The summed E-state index contributed by atoms with van der Waals surface area (Å²) in [5.74, 6) is -2.30. The third kappa shape index (κ3) is 2.31. The third-order valence-electron chi connectivity index (χ3n) is 2.03. The predicted octanol–water partition coefficient (Wildman–Crippen LogP) is 3.37. The van der Waals surface area contributed by atoms with Crippen molar-refractivity contribution in [2.75, 3.05) is 5.33 Å². The van der Waals surface area contributed by atoms with Crippen molar-refractivity contribution < 1.29 is 13.7 Å². The molecule has 0 spiro atoms. The van der Waals surface area contributed by atoms with Gasteiger partial charge in [0.15, 0.2) is 0 Å². The lowest BCUT2D eigenvalue weighted by molar-refractivity contribution is -0.387. The van der Waals surface area contributed by atoms with Gasteiger partial charge in [0.25, 0.3) is 0 Å². The molecular weight excluding hydrogens is 272 g/mol. The molecule has 0 fully saturated rings. The van der Waals surface area contributed by atoms with Crippen LogP contribution in [-0.4, -0.2) is 10.3 Å². The van der Waals surface area contributed by atoms with Gasteiger partial charge in [-0.1, -0.05) is 22.9 Å². The van der Waals surface area contributed by atoms with E-state index in [2.05, 4.69) is 15.9 Å². The van der Waals surface area contributed by atoms with E-state index < -0.39 is 28.2 Å². The molecular formula is C9H8BrF2NO2. The Morgan fingerprint density at radius 1 is 1.53 bits per heavy atom. The summed E-state index contributed by atoms with van der Waals surface area (Å²) in [6.45, 7) is 1.58. The Bertz CT molecular complexity index is 398. The van der Waals surface area contributed by atoms with Crippen molar-refractivity contribution in [2.45, 2.75) is 12.8 Å². The van der Waals surface area contributed by atoms with Gasteiger partial charge in [0.2, 0.25) is 5.82 Å². The minimum atomic E-state index is -1.09. The van der Waals surface area contributed by atoms with Gasteiger partial charge in [-0.15, -0.1) is 0 Å². The normalized spacial score (nSPS) is 12.5. The van der Waals surface area contributed by atoms with Crippen molar-refractivity contribution in [1.82, 2.24) is 0 Å². The third-order valence-corrected chi connectivity index (χ3v) is 3.00. The highest BCUT2D eigenvalue weighted by Crippen LogP contribution is 2.29. The summed E-state index contributed by atoms with van der Waals surface area (Å²) < 4.78 is 26.8. The topological polar surface area (TPSA) is 43.1 Å². The van der Waals surface area contributed by atoms with Crippen LogP contribution in [0, 0.1) is 21.7 Å². The molecule has 6 heteroatoms. The molecule has 1 atom stereocenters. The number of benzene rings is 1. The van der Waals surface area contributed by atoms with Crippen LogP contribution in [0.1, 0.15) is 18.4 Å². The highest BCUT2D eigenvalue weighted by atomic mass is 79.9. The number of alkyl halides is 1. The Hall–Kier alpha value is -1.04. The van der Waals surface area contributed by atoms with Crippen molar-refractivity contribution in [3.05, 3.63) is 39.4 Å². The predicted molar refractivity (Wildman–Crippen MR) is 55.2 cm³/mol. The van der Waals surface area contributed by atoms with E-state index in [1.807, 2.05) is 0 Å². The number of rotatable bonds is 3. The van der Waals surface area contributed by atoms with Gasteiger partial charge in [-0.05, 0) is 12.0 Å². The molecule has 1 unspecified atom stereocenters. The van der Waals surface area contributed by atoms with E-state index in [1.165, 1.54) is 0 Å². The van der Waals surface area contributed by atoms with Crippen LogP contribution < -0.4 is 0 Å². The van der Waals surface area contributed by atoms with E-state index in [-0.39, 0.29) is 5.56 Å². The lowest BCUT2D eigenvalue weighted by Gasteiger charge is -2.10. The number of nitro groups is 1. The van der Waals surface area contributed by atoms with Crippen molar-refractivity contribution in [1.29, 1.82) is 0 Å². The minimum Gasteiger partial charge on any atom is -0.258 e. The molecule has 0 aliphatic carbocycles. The van der Waals surface area contributed by atoms with Crippen molar-refractivity contribution in [2.24, 2.45) is 0 Å². The minimum absolute atomic E-state index is 0.249. The van der Waals surface area contributed by atoms with E-state index in [9.17, 15) is 18.9 Å². The molecule has 0 saturated heterocycles. The van der Waals surface area contributed by atoms with E-state index in [0.29, 0.717) is 5.33 Å². The fraction of sp³-hybridized carbons (Fsp3) is 0.333. The quantitative estimate of drug-likeness (QED) is 0.484. The van der Waals surface area contributed by atoms with Crippen molar-refractivity contribution >= 4 is 21.6 Å². The molecule has 15 heavy (non-hydrogen) atoms. The molecule has 0 aliphatic heterocycles. The van der Waals surface area contributed by atoms with Gasteiger partial charge in [0.05, 0.1) is 4.92 Å². The Morgan fingerprint density at radius 2 is 2.13 bits per heavy atom. The summed E-state index contributed by atoms with van der Waals surface area (Å²) >= 11 is 3.08. The molecule has 1 rings (SSSR count). The van der Waals surface area contributed by atoms with Gasteiger partial charge in [-0.3, -0.25) is 10.1 Å². The van der Waals surface area contributed by atoms with Crippen LogP contribution in [0.25, 0.3) is 0 Å². The van der Waals surface area contributed by atoms with Gasteiger partial charge < -0.3 is 0 Å². The zero-order valence-electron chi connectivity index (χ0n) is 7.84. The standard InChI is InChI=1S/C9H8BrF2NO2/c1-5(4-10)8-6(11)2-3-7(9(8)12)13(14)15/h2-3,5H,4H2,1H3. The number of halogens is 3. The molecule has 0 bridgehead atoms. The smallest absolute Gasteiger partial charge is 0.258 e. The summed E-state index contributed by atoms with van der Waals surface area (Å²) in [4.78, 5) is 9.57. The number of nitro benzene ring substituents is 1. The molecule has 1 aromatic rings. The Kier molecular flexibility index (Phi) is 3.73. The zero-order valence-corrected chi connectivity index (χ0v) is 9.42. The monoisotopic (exact) mass is 279 g/mol. The Balaban J connectivity index is 3.36. The van der Waals surface area contributed by atoms with Crippen molar-refractivity contribution in [3.8, 4) is 0 Å². The lowest BCUT2D eigenvalue weighted by Crippen LogP contribution is -2.05. The molecule has 0 N–H and O–H groups in total. The van der Waals surface area contributed by atoms with Crippen molar-refractivity contribution in [3.63, 3.8) is 0 Å². The summed E-state index contributed by atoms with van der Waals surface area (Å²) in [5, 5.41) is 10.8. The van der Waals surface area contributed by atoms with Crippen LogP contribution in [0.3, 0.4) is 0 Å². The highest BCUT2D eigenvalue weighted by molar-refractivity contribution is 9.09. The first-order chi connectivity index (χ1) is 6.99. The van der Waals surface area contributed by atoms with Crippen LogP contribution in [0.5, 0.6) is 0 Å². The summed E-state index contributed by atoms with van der Waals surface area (Å²) in [5.41, 5.74) is -0.944. The maximum Gasteiger partial charge on any atom is 0.305 e. The summed E-state index contributed by atoms with van der Waals surface area (Å²) in [7, 11) is 0. The molecule has 1 aromatic carbocycles. The molecule has 0 amide bonds. The zero-order chi connectivity index (χ0) is 11.6. The van der Waals surface area contributed by atoms with E-state index in [4.69, 9.17) is 0 Å². The number of nitrogens with zero attached hydrogens (tertiary/aromatic N) is 1. The first-order valence-electron chi connectivity index (χ1n) is 4.17. The van der Waals surface area contributed by atoms with Crippen LogP contribution in [0.15, 0.2) is 12.1 Å².